The van der Waals surface area contributed by atoms with Gasteiger partial charge in [-0.1, -0.05) is 48.5 Å². The quantitative estimate of drug-likeness (QED) is 0.476. The molecule has 31 heavy (non-hydrogen) atoms. The molecule has 2 heterocycles. The summed E-state index contributed by atoms with van der Waals surface area (Å²) in [6.45, 7) is 1.33. The summed E-state index contributed by atoms with van der Waals surface area (Å²) in [5.74, 6) is 1.38. The van der Waals surface area contributed by atoms with Gasteiger partial charge in [-0.05, 0) is 55.7 Å². The van der Waals surface area contributed by atoms with E-state index >= 15 is 0 Å². The largest absolute Gasteiger partial charge is 0.489 e. The molecule has 0 N–H and O–H groups in total. The van der Waals surface area contributed by atoms with Gasteiger partial charge in [0.1, 0.15) is 23.1 Å². The number of carbonyl (C=O) groups excluding carboxylic acids is 1. The number of benzene rings is 2. The van der Waals surface area contributed by atoms with Crippen LogP contribution in [0.4, 0.5) is 0 Å². The van der Waals surface area contributed by atoms with E-state index in [0.717, 1.165) is 41.3 Å². The Balaban J connectivity index is 1.31. The third-order valence-electron chi connectivity index (χ3n) is 6.07. The fourth-order valence-electron chi connectivity index (χ4n) is 4.50. The van der Waals surface area contributed by atoms with E-state index in [4.69, 9.17) is 9.72 Å². The van der Waals surface area contributed by atoms with E-state index in [9.17, 15) is 4.79 Å². The lowest BCUT2D eigenvalue weighted by Crippen LogP contribution is -2.39. The lowest BCUT2D eigenvalue weighted by atomic mass is 9.85. The normalized spacial score (nSPS) is 18.3. The molecule has 1 aliphatic heterocycles. The van der Waals surface area contributed by atoms with Gasteiger partial charge in [-0.3, -0.25) is 4.79 Å². The second-order valence-electron chi connectivity index (χ2n) is 8.20. The highest BCUT2D eigenvalue weighted by Crippen LogP contribution is 2.36. The van der Waals surface area contributed by atoms with Crippen LogP contribution in [0.25, 0.3) is 10.6 Å². The van der Waals surface area contributed by atoms with E-state index in [0.29, 0.717) is 18.2 Å². The smallest absolute Gasteiger partial charge is 0.277 e. The molecule has 4 nitrogen and oxygen atoms in total. The molecular formula is C26H26N2O2S. The van der Waals surface area contributed by atoms with Crippen LogP contribution in [0.3, 0.4) is 0 Å². The summed E-state index contributed by atoms with van der Waals surface area (Å²) in [5, 5.41) is 2.74. The molecule has 2 aromatic carbocycles. The summed E-state index contributed by atoms with van der Waals surface area (Å²) in [4.78, 5) is 19.9. The number of aromatic nitrogens is 1. The summed E-state index contributed by atoms with van der Waals surface area (Å²) < 4.78 is 5.96. The van der Waals surface area contributed by atoms with Gasteiger partial charge in [0, 0.05) is 23.2 Å². The van der Waals surface area contributed by atoms with Gasteiger partial charge in [-0.15, -0.1) is 11.3 Å². The number of piperidine rings is 1. The number of hydrogen-bond donors (Lipinski definition) is 0. The van der Waals surface area contributed by atoms with Crippen molar-refractivity contribution in [2.75, 3.05) is 6.54 Å². The third-order valence-corrected chi connectivity index (χ3v) is 6.96. The van der Waals surface area contributed by atoms with Crippen LogP contribution >= 0.6 is 11.3 Å². The Morgan fingerprint density at radius 1 is 1.10 bits per heavy atom. The Hall–Kier alpha value is -2.92. The van der Waals surface area contributed by atoms with Crippen LogP contribution in [-0.4, -0.2) is 22.3 Å². The molecule has 0 saturated carbocycles. The standard InChI is InChI=1S/C26H26N2O2S/c29-26(28-15-7-12-20-10-4-5-14-24(20)28)23-18-31-25(27-23)21-11-6-13-22(16-21)30-17-19-8-2-1-3-9-19/h1-3,6,8-9,11,13-14,16,18,20H,4-5,7,10,12,15,17H2. The average Bonchev–Trinajstić information content (AvgIpc) is 3.33. The number of allylic oxidation sites excluding steroid dienone is 2. The van der Waals surface area contributed by atoms with Crippen LogP contribution < -0.4 is 4.74 Å². The van der Waals surface area contributed by atoms with Gasteiger partial charge in [0.25, 0.3) is 5.91 Å². The first-order chi connectivity index (χ1) is 15.3. The lowest BCUT2D eigenvalue weighted by molar-refractivity contribution is 0.0744. The maximum Gasteiger partial charge on any atom is 0.277 e. The zero-order valence-corrected chi connectivity index (χ0v) is 18.3. The van der Waals surface area contributed by atoms with Gasteiger partial charge in [-0.2, -0.15) is 0 Å². The molecule has 1 atom stereocenters. The first-order valence-corrected chi connectivity index (χ1v) is 11.9. The van der Waals surface area contributed by atoms with Gasteiger partial charge >= 0.3 is 0 Å². The first kappa shape index (κ1) is 20.0. The number of amides is 1. The summed E-state index contributed by atoms with van der Waals surface area (Å²) in [5.41, 5.74) is 3.88. The lowest BCUT2D eigenvalue weighted by Gasteiger charge is -2.37. The van der Waals surface area contributed by atoms with Crippen molar-refractivity contribution in [2.45, 2.75) is 38.7 Å². The van der Waals surface area contributed by atoms with E-state index < -0.39 is 0 Å². The maximum atomic E-state index is 13.2. The number of rotatable bonds is 5. The number of thiazole rings is 1. The van der Waals surface area contributed by atoms with Crippen LogP contribution in [0.15, 0.2) is 71.8 Å². The van der Waals surface area contributed by atoms with E-state index in [1.807, 2.05) is 52.7 Å². The Kier molecular flexibility index (Phi) is 5.85. The van der Waals surface area contributed by atoms with E-state index in [1.165, 1.54) is 36.3 Å². The third kappa shape index (κ3) is 4.42. The van der Waals surface area contributed by atoms with Crippen molar-refractivity contribution in [3.05, 3.63) is 83.0 Å². The predicted octanol–water partition coefficient (Wildman–Crippen LogP) is 6.31. The van der Waals surface area contributed by atoms with Gasteiger partial charge in [0.2, 0.25) is 0 Å². The number of carbonyl (C=O) groups is 1. The molecule has 3 aromatic rings. The van der Waals surface area contributed by atoms with Crippen LogP contribution in [0, 0.1) is 5.92 Å². The minimum absolute atomic E-state index is 0.0387. The molecule has 1 saturated heterocycles. The number of fused-ring (bicyclic) bond motifs is 1. The molecule has 0 spiro atoms. The van der Waals surface area contributed by atoms with Gasteiger partial charge in [0.15, 0.2) is 0 Å². The highest BCUT2D eigenvalue weighted by molar-refractivity contribution is 7.13. The van der Waals surface area contributed by atoms with Crippen molar-refractivity contribution in [3.63, 3.8) is 0 Å². The number of nitrogens with zero attached hydrogens (tertiary/aromatic N) is 2. The second-order valence-corrected chi connectivity index (χ2v) is 9.05. The SMILES string of the molecule is O=C(c1csc(-c2cccc(OCc3ccccc3)c2)n1)N1CCCC2CCCC=C21. The number of likely N-dealkylation sites (tertiary alicyclic amines) is 1. The van der Waals surface area contributed by atoms with Crippen molar-refractivity contribution in [2.24, 2.45) is 5.92 Å². The molecule has 1 fully saturated rings. The fraction of sp³-hybridized carbons (Fsp3) is 0.308. The van der Waals surface area contributed by atoms with Crippen molar-refractivity contribution in [1.29, 1.82) is 0 Å². The summed E-state index contributed by atoms with van der Waals surface area (Å²) in [6.07, 6.45) is 8.06. The van der Waals surface area contributed by atoms with Crippen LogP contribution in [0.2, 0.25) is 0 Å². The summed E-state index contributed by atoms with van der Waals surface area (Å²) >= 11 is 1.51. The number of ether oxygens (including phenoxy) is 1. The maximum absolute atomic E-state index is 13.2. The molecular weight excluding hydrogens is 404 g/mol. The Labute approximate surface area is 187 Å². The average molecular weight is 431 g/mol. The second kappa shape index (κ2) is 9.06. The minimum Gasteiger partial charge on any atom is -0.489 e. The first-order valence-electron chi connectivity index (χ1n) is 11.0. The van der Waals surface area contributed by atoms with Crippen LogP contribution in [-0.2, 0) is 6.61 Å². The number of hydrogen-bond acceptors (Lipinski definition) is 4. The molecule has 1 aliphatic carbocycles. The molecule has 0 bridgehead atoms. The topological polar surface area (TPSA) is 42.4 Å². The molecule has 1 unspecified atom stereocenters. The minimum atomic E-state index is 0.0387. The predicted molar refractivity (Wildman–Crippen MR) is 124 cm³/mol. The van der Waals surface area contributed by atoms with Crippen LogP contribution in [0.5, 0.6) is 5.75 Å². The molecule has 158 valence electrons. The zero-order chi connectivity index (χ0) is 21.0. The van der Waals surface area contributed by atoms with Crippen LogP contribution in [0.1, 0.15) is 48.2 Å². The van der Waals surface area contributed by atoms with Crippen molar-refractivity contribution in [3.8, 4) is 16.3 Å². The van der Waals surface area contributed by atoms with E-state index in [1.54, 1.807) is 0 Å². The van der Waals surface area contributed by atoms with E-state index in [-0.39, 0.29) is 5.91 Å². The Morgan fingerprint density at radius 3 is 2.87 bits per heavy atom. The van der Waals surface area contributed by atoms with Crippen molar-refractivity contribution in [1.82, 2.24) is 9.88 Å². The van der Waals surface area contributed by atoms with Crippen molar-refractivity contribution < 1.29 is 9.53 Å². The molecule has 5 heteroatoms. The highest BCUT2D eigenvalue weighted by atomic mass is 32.1. The monoisotopic (exact) mass is 430 g/mol. The fourth-order valence-corrected chi connectivity index (χ4v) is 5.29. The van der Waals surface area contributed by atoms with E-state index in [2.05, 4.69) is 18.2 Å². The molecule has 0 radical (unpaired) electrons. The highest BCUT2D eigenvalue weighted by Gasteiger charge is 2.31. The summed E-state index contributed by atoms with van der Waals surface area (Å²) in [7, 11) is 0. The zero-order valence-electron chi connectivity index (χ0n) is 17.5. The Morgan fingerprint density at radius 2 is 1.97 bits per heavy atom. The van der Waals surface area contributed by atoms with Crippen molar-refractivity contribution >= 4 is 17.2 Å². The van der Waals surface area contributed by atoms with Gasteiger partial charge < -0.3 is 9.64 Å². The Bertz CT molecular complexity index is 1090. The molecule has 1 aromatic heterocycles. The molecule has 2 aliphatic rings. The molecule has 1 amide bonds. The van der Waals surface area contributed by atoms with Gasteiger partial charge in [0.05, 0.1) is 0 Å². The summed E-state index contributed by atoms with van der Waals surface area (Å²) in [6, 6.07) is 18.1. The van der Waals surface area contributed by atoms with Gasteiger partial charge in [-0.25, -0.2) is 4.98 Å². The molecule has 5 rings (SSSR count).